The normalized spacial score (nSPS) is 9.30. The summed E-state index contributed by atoms with van der Waals surface area (Å²) in [4.78, 5) is 11.5. The Morgan fingerprint density at radius 1 is 1.90 bits per heavy atom. The summed E-state index contributed by atoms with van der Waals surface area (Å²) in [5.74, 6) is -0.256. The van der Waals surface area contributed by atoms with Crippen LogP contribution in [0.15, 0.2) is 11.4 Å². The predicted octanol–water partition coefficient (Wildman–Crippen LogP) is 1.72. The van der Waals surface area contributed by atoms with Crippen molar-refractivity contribution < 1.29 is 9.53 Å². The van der Waals surface area contributed by atoms with Crippen molar-refractivity contribution >= 4 is 17.3 Å². The van der Waals surface area contributed by atoms with Gasteiger partial charge in [-0.3, -0.25) is 0 Å². The summed E-state index contributed by atoms with van der Waals surface area (Å²) in [6.07, 6.45) is 0. The summed E-state index contributed by atoms with van der Waals surface area (Å²) < 4.78 is 4.74. The van der Waals surface area contributed by atoms with E-state index in [0.717, 1.165) is 0 Å². The molecular formula is C7H7O2S. The molecule has 0 bridgehead atoms. The van der Waals surface area contributed by atoms with E-state index < -0.39 is 0 Å². The van der Waals surface area contributed by atoms with Crippen LogP contribution in [0.5, 0.6) is 0 Å². The fourth-order valence-electron chi connectivity index (χ4n) is 0.550. The third-order valence-corrected chi connectivity index (χ3v) is 1.74. The summed E-state index contributed by atoms with van der Waals surface area (Å²) >= 11 is 1.34. The molecule has 0 spiro atoms. The van der Waals surface area contributed by atoms with E-state index in [0.29, 0.717) is 11.5 Å². The molecule has 0 aliphatic heterocycles. The van der Waals surface area contributed by atoms with Gasteiger partial charge in [-0.2, -0.15) is 0 Å². The monoisotopic (exact) mass is 155 g/mol. The zero-order valence-corrected chi connectivity index (χ0v) is 6.40. The predicted molar refractivity (Wildman–Crippen MR) is 39.1 cm³/mol. The molecule has 53 valence electrons. The van der Waals surface area contributed by atoms with Gasteiger partial charge in [0.2, 0.25) is 0 Å². The van der Waals surface area contributed by atoms with E-state index in [2.05, 4.69) is 6.07 Å². The number of hydrogen-bond acceptors (Lipinski definition) is 3. The highest BCUT2D eigenvalue weighted by Gasteiger charge is 2.04. The van der Waals surface area contributed by atoms with Crippen LogP contribution < -0.4 is 0 Å². The smallest absolute Gasteiger partial charge is 0.348 e. The molecule has 1 aromatic heterocycles. The van der Waals surface area contributed by atoms with Crippen molar-refractivity contribution in [2.75, 3.05) is 6.61 Å². The topological polar surface area (TPSA) is 26.3 Å². The molecule has 0 unspecified atom stereocenters. The van der Waals surface area contributed by atoms with Crippen LogP contribution in [0.4, 0.5) is 0 Å². The largest absolute Gasteiger partial charge is 0.462 e. The van der Waals surface area contributed by atoms with Gasteiger partial charge in [0.15, 0.2) is 0 Å². The molecular weight excluding hydrogens is 148 g/mol. The van der Waals surface area contributed by atoms with Crippen molar-refractivity contribution in [1.82, 2.24) is 0 Å². The first kappa shape index (κ1) is 7.28. The van der Waals surface area contributed by atoms with Gasteiger partial charge < -0.3 is 4.74 Å². The molecule has 0 atom stereocenters. The van der Waals surface area contributed by atoms with E-state index >= 15 is 0 Å². The Labute approximate surface area is 63.4 Å². The number of carbonyl (C=O) groups excluding carboxylic acids is 1. The first-order valence-electron chi connectivity index (χ1n) is 2.96. The minimum Gasteiger partial charge on any atom is -0.462 e. The molecule has 1 rings (SSSR count). The molecule has 0 aromatic carbocycles. The van der Waals surface area contributed by atoms with E-state index in [1.165, 1.54) is 11.3 Å². The molecule has 0 aliphatic carbocycles. The molecule has 1 radical (unpaired) electrons. The molecule has 0 saturated heterocycles. The van der Waals surface area contributed by atoms with Crippen LogP contribution >= 0.6 is 11.3 Å². The zero-order valence-electron chi connectivity index (χ0n) is 5.59. The van der Waals surface area contributed by atoms with Crippen LogP contribution in [0, 0.1) is 6.07 Å². The molecule has 10 heavy (non-hydrogen) atoms. The maximum absolute atomic E-state index is 10.9. The lowest BCUT2D eigenvalue weighted by molar-refractivity contribution is 0.0532. The van der Waals surface area contributed by atoms with Crippen LogP contribution in [0.1, 0.15) is 16.6 Å². The molecule has 2 nitrogen and oxygen atoms in total. The molecule has 3 heteroatoms. The zero-order chi connectivity index (χ0) is 7.40. The van der Waals surface area contributed by atoms with E-state index in [1.807, 2.05) is 0 Å². The molecule has 0 N–H and O–H groups in total. The van der Waals surface area contributed by atoms with Gasteiger partial charge in [0.25, 0.3) is 0 Å². The SMILES string of the molecule is CCOC(=O)c1c[c]cs1. The molecule has 1 heterocycles. The number of ether oxygens (including phenoxy) is 1. The van der Waals surface area contributed by atoms with Gasteiger partial charge >= 0.3 is 5.97 Å². The Morgan fingerprint density at radius 3 is 3.20 bits per heavy atom. The second-order valence-corrected chi connectivity index (χ2v) is 2.54. The van der Waals surface area contributed by atoms with E-state index in [-0.39, 0.29) is 5.97 Å². The second-order valence-electron chi connectivity index (χ2n) is 1.63. The minimum atomic E-state index is -0.256. The van der Waals surface area contributed by atoms with Gasteiger partial charge in [-0.05, 0) is 24.4 Å². The van der Waals surface area contributed by atoms with Crippen molar-refractivity contribution in [1.29, 1.82) is 0 Å². The second kappa shape index (κ2) is 3.37. The van der Waals surface area contributed by atoms with Gasteiger partial charge in [-0.15, -0.1) is 11.3 Å². The number of esters is 1. The van der Waals surface area contributed by atoms with Gasteiger partial charge in [0.05, 0.1) is 6.61 Å². The van der Waals surface area contributed by atoms with Gasteiger partial charge in [-0.25, -0.2) is 4.79 Å². The van der Waals surface area contributed by atoms with Crippen LogP contribution in [-0.4, -0.2) is 12.6 Å². The highest BCUT2D eigenvalue weighted by atomic mass is 32.1. The first-order chi connectivity index (χ1) is 4.84. The van der Waals surface area contributed by atoms with Crippen LogP contribution in [0.3, 0.4) is 0 Å². The van der Waals surface area contributed by atoms with Gasteiger partial charge in [0, 0.05) is 0 Å². The fourth-order valence-corrected chi connectivity index (χ4v) is 1.10. The minimum absolute atomic E-state index is 0.256. The number of hydrogen-bond donors (Lipinski definition) is 0. The fraction of sp³-hybridized carbons (Fsp3) is 0.286. The Kier molecular flexibility index (Phi) is 2.45. The Bertz CT molecular complexity index is 203. The maximum atomic E-state index is 10.9. The van der Waals surface area contributed by atoms with E-state index in [4.69, 9.17) is 4.74 Å². The maximum Gasteiger partial charge on any atom is 0.348 e. The lowest BCUT2D eigenvalue weighted by Gasteiger charge is -1.95. The van der Waals surface area contributed by atoms with Crippen LogP contribution in [0.25, 0.3) is 0 Å². The third kappa shape index (κ3) is 1.57. The van der Waals surface area contributed by atoms with Crippen molar-refractivity contribution in [3.8, 4) is 0 Å². The molecule has 1 aromatic rings. The highest BCUT2D eigenvalue weighted by Crippen LogP contribution is 2.08. The Morgan fingerprint density at radius 2 is 2.70 bits per heavy atom. The van der Waals surface area contributed by atoms with E-state index in [9.17, 15) is 4.79 Å². The van der Waals surface area contributed by atoms with Gasteiger partial charge in [-0.1, -0.05) is 0 Å². The summed E-state index contributed by atoms with van der Waals surface area (Å²) in [5.41, 5.74) is 0. The summed E-state index contributed by atoms with van der Waals surface area (Å²) in [6.45, 7) is 2.21. The Hall–Kier alpha value is -0.830. The van der Waals surface area contributed by atoms with E-state index in [1.54, 1.807) is 18.4 Å². The Balaban J connectivity index is 2.59. The van der Waals surface area contributed by atoms with Gasteiger partial charge in [0.1, 0.15) is 4.88 Å². The lowest BCUT2D eigenvalue weighted by Crippen LogP contribution is -2.01. The number of carbonyl (C=O) groups is 1. The molecule has 0 fully saturated rings. The summed E-state index contributed by atoms with van der Waals surface area (Å²) in [7, 11) is 0. The quantitative estimate of drug-likeness (QED) is 0.608. The highest BCUT2D eigenvalue weighted by molar-refractivity contribution is 7.11. The van der Waals surface area contributed by atoms with Crippen molar-refractivity contribution in [3.05, 3.63) is 22.4 Å². The third-order valence-electron chi connectivity index (χ3n) is 0.945. The number of rotatable bonds is 2. The van der Waals surface area contributed by atoms with Crippen LogP contribution in [-0.2, 0) is 4.74 Å². The standard InChI is InChI=1S/C7H7O2S/c1-2-9-7(8)6-4-3-5-10-6/h4-5H,2H2,1H3. The van der Waals surface area contributed by atoms with Crippen molar-refractivity contribution in [3.63, 3.8) is 0 Å². The van der Waals surface area contributed by atoms with Crippen molar-refractivity contribution in [2.45, 2.75) is 6.92 Å². The average molecular weight is 155 g/mol. The average Bonchev–Trinajstić information content (AvgIpc) is 2.38. The summed E-state index contributed by atoms with van der Waals surface area (Å²) in [5, 5.41) is 1.73. The number of thiophene rings is 1. The molecule has 0 amide bonds. The summed E-state index contributed by atoms with van der Waals surface area (Å²) in [6, 6.07) is 4.41. The molecule has 0 saturated carbocycles. The molecule has 0 aliphatic rings. The van der Waals surface area contributed by atoms with Crippen molar-refractivity contribution in [2.24, 2.45) is 0 Å². The van der Waals surface area contributed by atoms with Crippen LogP contribution in [0.2, 0.25) is 0 Å². The first-order valence-corrected chi connectivity index (χ1v) is 3.84. The lowest BCUT2D eigenvalue weighted by atomic mass is 10.5.